The third-order valence-corrected chi connectivity index (χ3v) is 2.29. The van der Waals surface area contributed by atoms with Crippen LogP contribution in [0, 0.1) is 12.3 Å². The minimum absolute atomic E-state index is 0.186. The minimum atomic E-state index is -0.492. The molecule has 84 valence electrons. The predicted octanol–water partition coefficient (Wildman–Crippen LogP) is 0.696. The number of hydrogen-bond acceptors (Lipinski definition) is 2. The second kappa shape index (κ2) is 6.65. The summed E-state index contributed by atoms with van der Waals surface area (Å²) in [7, 11) is 0. The van der Waals surface area contributed by atoms with E-state index in [1.54, 1.807) is 0 Å². The zero-order chi connectivity index (χ0) is 11.8. The van der Waals surface area contributed by atoms with E-state index >= 15 is 0 Å². The molecule has 16 heavy (non-hydrogen) atoms. The van der Waals surface area contributed by atoms with Crippen LogP contribution in [0.3, 0.4) is 0 Å². The quantitative estimate of drug-likeness (QED) is 0.712. The largest absolute Gasteiger partial charge is 0.344 e. The van der Waals surface area contributed by atoms with Crippen molar-refractivity contribution < 1.29 is 4.79 Å². The first-order valence-corrected chi connectivity index (χ1v) is 5.24. The van der Waals surface area contributed by atoms with Crippen molar-refractivity contribution >= 4 is 5.91 Å². The van der Waals surface area contributed by atoms with E-state index in [1.165, 1.54) is 5.56 Å². The van der Waals surface area contributed by atoms with Crippen LogP contribution in [0.25, 0.3) is 0 Å². The highest BCUT2D eigenvalue weighted by Crippen LogP contribution is 2.03. The number of hydrogen-bond donors (Lipinski definition) is 2. The highest BCUT2D eigenvalue weighted by Gasteiger charge is 2.11. The first-order valence-electron chi connectivity index (χ1n) is 5.24. The van der Waals surface area contributed by atoms with Crippen molar-refractivity contribution in [2.45, 2.75) is 18.9 Å². The van der Waals surface area contributed by atoms with Crippen molar-refractivity contribution in [1.82, 2.24) is 5.32 Å². The number of aryl methyl sites for hydroxylation is 1. The molecule has 3 heteroatoms. The molecule has 0 aliphatic rings. The SMILES string of the molecule is C#CCNC(=O)C(N)CCc1ccccc1. The van der Waals surface area contributed by atoms with Crippen LogP contribution >= 0.6 is 0 Å². The number of benzene rings is 1. The third kappa shape index (κ3) is 4.16. The summed E-state index contributed by atoms with van der Waals surface area (Å²) in [6, 6.07) is 9.45. The minimum Gasteiger partial charge on any atom is -0.344 e. The van der Waals surface area contributed by atoms with E-state index in [0.717, 1.165) is 6.42 Å². The van der Waals surface area contributed by atoms with E-state index < -0.39 is 6.04 Å². The van der Waals surface area contributed by atoms with Crippen molar-refractivity contribution in [3.8, 4) is 12.3 Å². The summed E-state index contributed by atoms with van der Waals surface area (Å²) in [5, 5.41) is 2.57. The van der Waals surface area contributed by atoms with Crippen LogP contribution < -0.4 is 11.1 Å². The Bertz CT molecular complexity index is 367. The topological polar surface area (TPSA) is 55.1 Å². The summed E-state index contributed by atoms with van der Waals surface area (Å²) in [6.45, 7) is 0.234. The molecule has 0 saturated heterocycles. The van der Waals surface area contributed by atoms with E-state index in [4.69, 9.17) is 12.2 Å². The van der Waals surface area contributed by atoms with Crippen LogP contribution in [0.4, 0.5) is 0 Å². The van der Waals surface area contributed by atoms with Gasteiger partial charge in [0.05, 0.1) is 12.6 Å². The summed E-state index contributed by atoms with van der Waals surface area (Å²) in [6.07, 6.45) is 6.46. The summed E-state index contributed by atoms with van der Waals surface area (Å²) < 4.78 is 0. The molecule has 1 rings (SSSR count). The zero-order valence-electron chi connectivity index (χ0n) is 9.15. The Morgan fingerprint density at radius 2 is 2.12 bits per heavy atom. The highest BCUT2D eigenvalue weighted by molar-refractivity contribution is 5.81. The van der Waals surface area contributed by atoms with Gasteiger partial charge in [0.25, 0.3) is 0 Å². The second-order valence-corrected chi connectivity index (χ2v) is 3.55. The van der Waals surface area contributed by atoms with Gasteiger partial charge < -0.3 is 11.1 Å². The Morgan fingerprint density at radius 1 is 1.44 bits per heavy atom. The van der Waals surface area contributed by atoms with Crippen LogP contribution in [0.5, 0.6) is 0 Å². The standard InChI is InChI=1S/C13H16N2O/c1-2-10-15-13(16)12(14)9-8-11-6-4-3-5-7-11/h1,3-7,12H,8-10,14H2,(H,15,16). The van der Waals surface area contributed by atoms with Gasteiger partial charge >= 0.3 is 0 Å². The first kappa shape index (κ1) is 12.3. The normalized spacial score (nSPS) is 11.5. The summed E-state index contributed by atoms with van der Waals surface area (Å²) >= 11 is 0. The van der Waals surface area contributed by atoms with Crippen LogP contribution in [0.2, 0.25) is 0 Å². The average Bonchev–Trinajstić information content (AvgIpc) is 2.34. The van der Waals surface area contributed by atoms with Gasteiger partial charge in [-0.1, -0.05) is 36.3 Å². The fourth-order valence-electron chi connectivity index (χ4n) is 1.37. The summed E-state index contributed by atoms with van der Waals surface area (Å²) in [4.78, 5) is 11.4. The molecule has 0 aliphatic heterocycles. The van der Waals surface area contributed by atoms with Crippen molar-refractivity contribution in [3.63, 3.8) is 0 Å². The first-order chi connectivity index (χ1) is 7.74. The van der Waals surface area contributed by atoms with Gasteiger partial charge in [-0.15, -0.1) is 6.42 Å². The number of carbonyl (C=O) groups is 1. The number of terminal acetylenes is 1. The molecule has 1 aromatic rings. The highest BCUT2D eigenvalue weighted by atomic mass is 16.2. The summed E-state index contributed by atoms with van der Waals surface area (Å²) in [5.41, 5.74) is 6.91. The van der Waals surface area contributed by atoms with E-state index in [9.17, 15) is 4.79 Å². The Balaban J connectivity index is 2.33. The molecular weight excluding hydrogens is 200 g/mol. The van der Waals surface area contributed by atoms with E-state index in [2.05, 4.69) is 11.2 Å². The third-order valence-electron chi connectivity index (χ3n) is 2.29. The smallest absolute Gasteiger partial charge is 0.237 e. The van der Waals surface area contributed by atoms with Gasteiger partial charge in [0, 0.05) is 0 Å². The monoisotopic (exact) mass is 216 g/mol. The van der Waals surface area contributed by atoms with Crippen LogP contribution in [-0.4, -0.2) is 18.5 Å². The van der Waals surface area contributed by atoms with Gasteiger partial charge in [-0.25, -0.2) is 0 Å². The van der Waals surface area contributed by atoms with Gasteiger partial charge in [-0.3, -0.25) is 4.79 Å². The predicted molar refractivity (Wildman–Crippen MR) is 64.6 cm³/mol. The maximum atomic E-state index is 11.4. The van der Waals surface area contributed by atoms with Crippen molar-refractivity contribution in [2.75, 3.05) is 6.54 Å². The molecule has 1 amide bonds. The maximum absolute atomic E-state index is 11.4. The van der Waals surface area contributed by atoms with Gasteiger partial charge in [0.1, 0.15) is 0 Å². The molecule has 0 heterocycles. The van der Waals surface area contributed by atoms with Gasteiger partial charge in [-0.05, 0) is 18.4 Å². The molecule has 0 bridgehead atoms. The molecule has 0 fully saturated rings. The molecule has 0 radical (unpaired) electrons. The van der Waals surface area contributed by atoms with Crippen molar-refractivity contribution in [3.05, 3.63) is 35.9 Å². The lowest BCUT2D eigenvalue weighted by Gasteiger charge is -2.10. The Labute approximate surface area is 96.0 Å². The second-order valence-electron chi connectivity index (χ2n) is 3.55. The fourth-order valence-corrected chi connectivity index (χ4v) is 1.37. The Kier molecular flexibility index (Phi) is 5.10. The number of rotatable bonds is 5. The van der Waals surface area contributed by atoms with Crippen LogP contribution in [0.15, 0.2) is 30.3 Å². The maximum Gasteiger partial charge on any atom is 0.237 e. The zero-order valence-corrected chi connectivity index (χ0v) is 9.15. The molecule has 1 atom stereocenters. The lowest BCUT2D eigenvalue weighted by molar-refractivity contribution is -0.122. The van der Waals surface area contributed by atoms with Gasteiger partial charge in [0.15, 0.2) is 0 Å². The van der Waals surface area contributed by atoms with Crippen molar-refractivity contribution in [2.24, 2.45) is 5.73 Å². The number of nitrogens with one attached hydrogen (secondary N) is 1. The molecule has 0 saturated carbocycles. The van der Waals surface area contributed by atoms with E-state index in [0.29, 0.717) is 6.42 Å². The molecule has 0 spiro atoms. The number of amides is 1. The molecule has 1 unspecified atom stereocenters. The van der Waals surface area contributed by atoms with Gasteiger partial charge in [-0.2, -0.15) is 0 Å². The van der Waals surface area contributed by atoms with E-state index in [-0.39, 0.29) is 12.5 Å². The van der Waals surface area contributed by atoms with Crippen LogP contribution in [0.1, 0.15) is 12.0 Å². The van der Waals surface area contributed by atoms with Crippen LogP contribution in [-0.2, 0) is 11.2 Å². The summed E-state index contributed by atoms with van der Waals surface area (Å²) in [5.74, 6) is 2.15. The molecule has 1 aromatic carbocycles. The average molecular weight is 216 g/mol. The molecule has 0 aliphatic carbocycles. The molecule has 3 nitrogen and oxygen atoms in total. The number of nitrogens with two attached hydrogens (primary N) is 1. The Morgan fingerprint density at radius 3 is 2.75 bits per heavy atom. The lowest BCUT2D eigenvalue weighted by Crippen LogP contribution is -2.40. The molecule has 0 aromatic heterocycles. The Hall–Kier alpha value is -1.79. The fraction of sp³-hybridized carbons (Fsp3) is 0.308. The molecular formula is C13H16N2O. The number of carbonyl (C=O) groups excluding carboxylic acids is 1. The van der Waals surface area contributed by atoms with Gasteiger partial charge in [0.2, 0.25) is 5.91 Å². The lowest BCUT2D eigenvalue weighted by atomic mass is 10.1. The van der Waals surface area contributed by atoms with Crippen molar-refractivity contribution in [1.29, 1.82) is 0 Å². The molecule has 3 N–H and O–H groups in total. The van der Waals surface area contributed by atoms with E-state index in [1.807, 2.05) is 30.3 Å².